The normalized spacial score (nSPS) is 15.2. The lowest BCUT2D eigenvalue weighted by atomic mass is 10.4. The number of rotatable bonds is 5. The molecule has 0 atom stereocenters. The van der Waals surface area contributed by atoms with Gasteiger partial charge in [0.2, 0.25) is 11.9 Å². The molecule has 0 bridgehead atoms. The molecule has 0 aliphatic carbocycles. The number of thioether (sulfide) groups is 1. The summed E-state index contributed by atoms with van der Waals surface area (Å²) in [5, 5.41) is 0.397. The van der Waals surface area contributed by atoms with E-state index < -0.39 is 15.8 Å². The second-order valence-corrected chi connectivity index (χ2v) is 7.56. The maximum absolute atomic E-state index is 13.0. The molecular weight excluding hydrogens is 369 g/mol. The summed E-state index contributed by atoms with van der Waals surface area (Å²) in [5.74, 6) is -0.206. The smallest absolute Gasteiger partial charge is 0.264 e. The zero-order valence-electron chi connectivity index (χ0n) is 13.3. The van der Waals surface area contributed by atoms with Crippen molar-refractivity contribution in [3.8, 4) is 0 Å². The van der Waals surface area contributed by atoms with Gasteiger partial charge in [0.15, 0.2) is 5.16 Å². The third kappa shape index (κ3) is 4.35. The second-order valence-electron chi connectivity index (χ2n) is 5.10. The lowest BCUT2D eigenvalue weighted by Crippen LogP contribution is -2.37. The summed E-state index contributed by atoms with van der Waals surface area (Å²) in [6.45, 7) is 2.33. The highest BCUT2D eigenvalue weighted by atomic mass is 32.2. The molecule has 8 nitrogen and oxygen atoms in total. The van der Waals surface area contributed by atoms with E-state index in [9.17, 15) is 12.8 Å². The lowest BCUT2D eigenvalue weighted by molar-refractivity contribution is 0.122. The highest BCUT2D eigenvalue weighted by molar-refractivity contribution is 7.98. The van der Waals surface area contributed by atoms with Crippen molar-refractivity contribution in [3.05, 3.63) is 30.1 Å². The zero-order valence-corrected chi connectivity index (χ0v) is 15.0. The molecule has 2 aromatic rings. The van der Waals surface area contributed by atoms with Gasteiger partial charge in [0.1, 0.15) is 5.82 Å². The quantitative estimate of drug-likeness (QED) is 0.771. The van der Waals surface area contributed by atoms with E-state index in [-0.39, 0.29) is 10.8 Å². The van der Waals surface area contributed by atoms with E-state index >= 15 is 0 Å². The van der Waals surface area contributed by atoms with E-state index in [1.165, 1.54) is 23.9 Å². The monoisotopic (exact) mass is 385 g/mol. The fourth-order valence-corrected chi connectivity index (χ4v) is 3.47. The molecule has 0 unspecified atom stereocenters. The number of hydrogen-bond donors (Lipinski definition) is 1. The molecule has 134 valence electrons. The Balaban J connectivity index is 1.89. The summed E-state index contributed by atoms with van der Waals surface area (Å²) in [4.78, 5) is 14.4. The highest BCUT2D eigenvalue weighted by Crippen LogP contribution is 2.20. The van der Waals surface area contributed by atoms with Crippen LogP contribution in [0.2, 0.25) is 0 Å². The van der Waals surface area contributed by atoms with Gasteiger partial charge in [-0.2, -0.15) is 15.0 Å². The summed E-state index contributed by atoms with van der Waals surface area (Å²) >= 11 is 1.28. The van der Waals surface area contributed by atoms with Crippen LogP contribution in [0.3, 0.4) is 0 Å². The number of halogens is 1. The SMILES string of the molecule is CSc1nc(NS(=O)(=O)c2ccc(F)cc2)nc(N2CCOCC2)n1. The standard InChI is InChI=1S/C14H16FN5O3S2/c1-24-14-17-12(16-13(18-14)20-6-8-23-9-7-20)19-25(21,22)11-4-2-10(15)3-5-11/h2-5H,6-9H2,1H3,(H,16,17,18,19). The third-order valence-corrected chi connectivity index (χ3v) is 5.32. The number of sulfonamides is 1. The summed E-state index contributed by atoms with van der Waals surface area (Å²) in [6.07, 6.45) is 1.79. The highest BCUT2D eigenvalue weighted by Gasteiger charge is 2.20. The Morgan fingerprint density at radius 1 is 1.16 bits per heavy atom. The number of benzene rings is 1. The van der Waals surface area contributed by atoms with Gasteiger partial charge in [0.25, 0.3) is 10.0 Å². The Morgan fingerprint density at radius 3 is 2.48 bits per heavy atom. The predicted octanol–water partition coefficient (Wildman–Crippen LogP) is 1.37. The lowest BCUT2D eigenvalue weighted by Gasteiger charge is -2.27. The Morgan fingerprint density at radius 2 is 1.84 bits per heavy atom. The molecule has 1 fully saturated rings. The number of nitrogens with one attached hydrogen (secondary N) is 1. The average molecular weight is 385 g/mol. The van der Waals surface area contributed by atoms with Crippen LogP contribution < -0.4 is 9.62 Å². The van der Waals surface area contributed by atoms with Crippen molar-refractivity contribution >= 4 is 33.7 Å². The number of aromatic nitrogens is 3. The Bertz CT molecular complexity index is 842. The molecule has 3 rings (SSSR count). The summed E-state index contributed by atoms with van der Waals surface area (Å²) in [7, 11) is -3.92. The maximum Gasteiger partial charge on any atom is 0.264 e. The van der Waals surface area contributed by atoms with Crippen molar-refractivity contribution in [1.82, 2.24) is 15.0 Å². The van der Waals surface area contributed by atoms with E-state index in [0.29, 0.717) is 37.4 Å². The van der Waals surface area contributed by atoms with Crippen LogP contribution in [0.5, 0.6) is 0 Å². The molecule has 0 radical (unpaired) electrons. The van der Waals surface area contributed by atoms with Gasteiger partial charge in [-0.15, -0.1) is 0 Å². The van der Waals surface area contributed by atoms with Gasteiger partial charge in [-0.1, -0.05) is 11.8 Å². The van der Waals surface area contributed by atoms with Crippen molar-refractivity contribution in [2.45, 2.75) is 10.1 Å². The first-order valence-corrected chi connectivity index (χ1v) is 10.1. The van der Waals surface area contributed by atoms with Crippen LogP contribution in [0.15, 0.2) is 34.3 Å². The van der Waals surface area contributed by atoms with Crippen molar-refractivity contribution < 1.29 is 17.5 Å². The first-order valence-electron chi connectivity index (χ1n) is 7.39. The number of ether oxygens (including phenoxy) is 1. The van der Waals surface area contributed by atoms with Gasteiger partial charge in [0.05, 0.1) is 18.1 Å². The largest absolute Gasteiger partial charge is 0.378 e. The number of anilines is 2. The summed E-state index contributed by atoms with van der Waals surface area (Å²) in [6, 6.07) is 4.51. The minimum atomic E-state index is -3.92. The fourth-order valence-electron chi connectivity index (χ4n) is 2.18. The molecule has 2 heterocycles. The Kier molecular flexibility index (Phi) is 5.35. The third-order valence-electron chi connectivity index (χ3n) is 3.43. The Hall–Kier alpha value is -1.98. The predicted molar refractivity (Wildman–Crippen MR) is 91.8 cm³/mol. The molecule has 1 N–H and O–H groups in total. The minimum absolute atomic E-state index is 0.0760. The van der Waals surface area contributed by atoms with Crippen molar-refractivity contribution in [2.75, 3.05) is 42.2 Å². The number of morpholine rings is 1. The van der Waals surface area contributed by atoms with Gasteiger partial charge in [-0.3, -0.25) is 0 Å². The molecule has 11 heteroatoms. The van der Waals surface area contributed by atoms with E-state index in [0.717, 1.165) is 12.1 Å². The van der Waals surface area contributed by atoms with Crippen molar-refractivity contribution in [1.29, 1.82) is 0 Å². The average Bonchev–Trinajstić information content (AvgIpc) is 2.62. The molecule has 0 saturated carbocycles. The van der Waals surface area contributed by atoms with Crippen LogP contribution in [0.25, 0.3) is 0 Å². The van der Waals surface area contributed by atoms with Crippen LogP contribution >= 0.6 is 11.8 Å². The molecule has 0 amide bonds. The van der Waals surface area contributed by atoms with E-state index in [4.69, 9.17) is 4.74 Å². The van der Waals surface area contributed by atoms with Gasteiger partial charge >= 0.3 is 0 Å². The van der Waals surface area contributed by atoms with Crippen LogP contribution in [0, 0.1) is 5.82 Å². The van der Waals surface area contributed by atoms with E-state index in [1.807, 2.05) is 4.90 Å². The molecule has 1 aromatic carbocycles. The maximum atomic E-state index is 13.0. The zero-order chi connectivity index (χ0) is 17.9. The van der Waals surface area contributed by atoms with Gasteiger partial charge < -0.3 is 9.64 Å². The molecule has 25 heavy (non-hydrogen) atoms. The number of nitrogens with zero attached hydrogens (tertiary/aromatic N) is 4. The fraction of sp³-hybridized carbons (Fsp3) is 0.357. The van der Waals surface area contributed by atoms with Crippen LogP contribution in [0.1, 0.15) is 0 Å². The minimum Gasteiger partial charge on any atom is -0.378 e. The topological polar surface area (TPSA) is 97.3 Å². The molecule has 1 aliphatic rings. The van der Waals surface area contributed by atoms with Crippen molar-refractivity contribution in [2.24, 2.45) is 0 Å². The van der Waals surface area contributed by atoms with E-state index in [1.54, 1.807) is 6.26 Å². The van der Waals surface area contributed by atoms with E-state index in [2.05, 4.69) is 19.7 Å². The number of hydrogen-bond acceptors (Lipinski definition) is 8. The van der Waals surface area contributed by atoms with Gasteiger partial charge in [0, 0.05) is 13.1 Å². The first kappa shape index (κ1) is 17.8. The van der Waals surface area contributed by atoms with Gasteiger partial charge in [-0.05, 0) is 30.5 Å². The summed E-state index contributed by atoms with van der Waals surface area (Å²) < 4.78 is 45.5. The van der Waals surface area contributed by atoms with Crippen LogP contribution in [0.4, 0.5) is 16.3 Å². The van der Waals surface area contributed by atoms with Crippen LogP contribution in [-0.4, -0.2) is 55.9 Å². The molecule has 1 aliphatic heterocycles. The summed E-state index contributed by atoms with van der Waals surface area (Å²) in [5.41, 5.74) is 0. The Labute approximate surface area is 148 Å². The molecule has 1 aromatic heterocycles. The van der Waals surface area contributed by atoms with Gasteiger partial charge in [-0.25, -0.2) is 17.5 Å². The second kappa shape index (κ2) is 7.50. The van der Waals surface area contributed by atoms with Crippen LogP contribution in [-0.2, 0) is 14.8 Å². The molecule has 0 spiro atoms. The van der Waals surface area contributed by atoms with Crippen molar-refractivity contribution in [3.63, 3.8) is 0 Å². The molecular formula is C14H16FN5O3S2. The first-order chi connectivity index (χ1) is 12.0. The molecule has 1 saturated heterocycles.